The Kier molecular flexibility index (Phi) is 6.32. The van der Waals surface area contributed by atoms with Gasteiger partial charge in [0.15, 0.2) is 6.61 Å². The first-order valence-electron chi connectivity index (χ1n) is 7.74. The minimum absolute atomic E-state index is 0.312. The molecule has 2 amide bonds. The van der Waals surface area contributed by atoms with Crippen LogP contribution < -0.4 is 10.6 Å². The molecule has 0 aliphatic heterocycles. The van der Waals surface area contributed by atoms with Crippen molar-refractivity contribution in [3.8, 4) is 6.07 Å². The summed E-state index contributed by atoms with van der Waals surface area (Å²) in [6, 6.07) is 5.54. The molecule has 0 aromatic carbocycles. The van der Waals surface area contributed by atoms with Gasteiger partial charge in [-0.05, 0) is 24.3 Å². The Hall–Kier alpha value is -2.40. The lowest BCUT2D eigenvalue weighted by Crippen LogP contribution is -2.50. The first-order valence-corrected chi connectivity index (χ1v) is 8.62. The fourth-order valence-electron chi connectivity index (χ4n) is 2.57. The highest BCUT2D eigenvalue weighted by Gasteiger charge is 2.33. The number of ether oxygens (including phenoxy) is 1. The van der Waals surface area contributed by atoms with Crippen LogP contribution in [0.3, 0.4) is 0 Å². The van der Waals surface area contributed by atoms with Gasteiger partial charge in [-0.2, -0.15) is 5.26 Å². The van der Waals surface area contributed by atoms with E-state index < -0.39 is 24.0 Å². The maximum Gasteiger partial charge on any atom is 0.325 e. The standard InChI is InChI=1S/C16H19N3O4S/c17-11-16(6-2-1-3-7-16)19-13(20)10-23-14(21)9-18-15(22)12-5-4-8-24-12/h4-5,8H,1-3,6-7,9-10H2,(H,18,22)(H,19,20). The zero-order valence-corrected chi connectivity index (χ0v) is 14.0. The Balaban J connectivity index is 1.70. The molecule has 1 aliphatic rings. The Morgan fingerprint density at radius 3 is 2.67 bits per heavy atom. The molecule has 7 nitrogen and oxygen atoms in total. The Bertz CT molecular complexity index is 630. The van der Waals surface area contributed by atoms with E-state index in [0.717, 1.165) is 19.3 Å². The number of nitrogens with one attached hydrogen (secondary N) is 2. The molecular formula is C16H19N3O4S. The SMILES string of the molecule is N#CC1(NC(=O)COC(=O)CNC(=O)c2cccs2)CCCCC1. The summed E-state index contributed by atoms with van der Waals surface area (Å²) >= 11 is 1.26. The van der Waals surface area contributed by atoms with Gasteiger partial charge in [-0.1, -0.05) is 25.3 Å². The lowest BCUT2D eigenvalue weighted by Gasteiger charge is -2.31. The third kappa shape index (κ3) is 5.06. The summed E-state index contributed by atoms with van der Waals surface area (Å²) < 4.78 is 4.83. The van der Waals surface area contributed by atoms with E-state index in [2.05, 4.69) is 16.7 Å². The van der Waals surface area contributed by atoms with Crippen LogP contribution in [0.2, 0.25) is 0 Å². The van der Waals surface area contributed by atoms with Crippen molar-refractivity contribution in [2.45, 2.75) is 37.6 Å². The molecule has 1 fully saturated rings. The minimum Gasteiger partial charge on any atom is -0.454 e. The van der Waals surface area contributed by atoms with E-state index in [4.69, 9.17) is 4.74 Å². The number of hydrogen-bond acceptors (Lipinski definition) is 6. The van der Waals surface area contributed by atoms with Gasteiger partial charge >= 0.3 is 5.97 Å². The van der Waals surface area contributed by atoms with Gasteiger partial charge in [0.1, 0.15) is 12.1 Å². The number of esters is 1. The zero-order chi connectivity index (χ0) is 17.4. The van der Waals surface area contributed by atoms with Crippen LogP contribution >= 0.6 is 11.3 Å². The van der Waals surface area contributed by atoms with E-state index in [9.17, 15) is 19.6 Å². The van der Waals surface area contributed by atoms with Crippen molar-refractivity contribution in [3.05, 3.63) is 22.4 Å². The predicted octanol–water partition coefficient (Wildman–Crippen LogP) is 1.36. The molecule has 2 N–H and O–H groups in total. The number of rotatable bonds is 6. The summed E-state index contributed by atoms with van der Waals surface area (Å²) in [7, 11) is 0. The van der Waals surface area contributed by atoms with E-state index in [1.54, 1.807) is 17.5 Å². The van der Waals surface area contributed by atoms with Crippen LogP contribution in [0.5, 0.6) is 0 Å². The number of nitrogens with zero attached hydrogens (tertiary/aromatic N) is 1. The normalized spacial score (nSPS) is 15.8. The van der Waals surface area contributed by atoms with Crippen LogP contribution in [0.25, 0.3) is 0 Å². The molecule has 8 heteroatoms. The molecule has 2 rings (SSSR count). The lowest BCUT2D eigenvalue weighted by molar-refractivity contribution is -0.148. The molecule has 1 aliphatic carbocycles. The number of hydrogen-bond donors (Lipinski definition) is 2. The zero-order valence-electron chi connectivity index (χ0n) is 13.2. The molecule has 1 aromatic heterocycles. The van der Waals surface area contributed by atoms with Crippen LogP contribution in [0.15, 0.2) is 17.5 Å². The smallest absolute Gasteiger partial charge is 0.325 e. The third-order valence-corrected chi connectivity index (χ3v) is 4.67. The first kappa shape index (κ1) is 17.9. The first-order chi connectivity index (χ1) is 11.5. The van der Waals surface area contributed by atoms with E-state index >= 15 is 0 Å². The molecule has 0 radical (unpaired) electrons. The van der Waals surface area contributed by atoms with Gasteiger partial charge in [0.05, 0.1) is 10.9 Å². The summed E-state index contributed by atoms with van der Waals surface area (Å²) in [6.07, 6.45) is 4.06. The summed E-state index contributed by atoms with van der Waals surface area (Å²) in [5.74, 6) is -1.57. The average Bonchev–Trinajstić information content (AvgIpc) is 3.13. The van der Waals surface area contributed by atoms with Crippen molar-refractivity contribution in [1.82, 2.24) is 10.6 Å². The fourth-order valence-corrected chi connectivity index (χ4v) is 3.21. The Morgan fingerprint density at radius 1 is 1.29 bits per heavy atom. The van der Waals surface area contributed by atoms with E-state index in [0.29, 0.717) is 17.7 Å². The Morgan fingerprint density at radius 2 is 2.04 bits per heavy atom. The summed E-state index contributed by atoms with van der Waals surface area (Å²) in [4.78, 5) is 35.6. The number of carbonyl (C=O) groups excluding carboxylic acids is 3. The topological polar surface area (TPSA) is 108 Å². The maximum atomic E-state index is 11.9. The van der Waals surface area contributed by atoms with Crippen LogP contribution in [0.4, 0.5) is 0 Å². The highest BCUT2D eigenvalue weighted by Crippen LogP contribution is 2.27. The van der Waals surface area contributed by atoms with E-state index in [1.807, 2.05) is 0 Å². The monoisotopic (exact) mass is 349 g/mol. The summed E-state index contributed by atoms with van der Waals surface area (Å²) in [6.45, 7) is -0.773. The second-order valence-electron chi connectivity index (χ2n) is 5.62. The van der Waals surface area contributed by atoms with Crippen LogP contribution in [0.1, 0.15) is 41.8 Å². The average molecular weight is 349 g/mol. The van der Waals surface area contributed by atoms with Crippen molar-refractivity contribution < 1.29 is 19.1 Å². The molecule has 128 valence electrons. The summed E-state index contributed by atoms with van der Waals surface area (Å²) in [5, 5.41) is 16.1. The molecule has 1 heterocycles. The van der Waals surface area contributed by atoms with Gasteiger partial charge in [0.2, 0.25) is 0 Å². The van der Waals surface area contributed by atoms with Gasteiger partial charge in [0.25, 0.3) is 11.8 Å². The molecule has 0 atom stereocenters. The summed E-state index contributed by atoms with van der Waals surface area (Å²) in [5.41, 5.74) is -0.852. The lowest BCUT2D eigenvalue weighted by atomic mass is 9.83. The van der Waals surface area contributed by atoms with Gasteiger partial charge in [0, 0.05) is 0 Å². The molecule has 0 bridgehead atoms. The maximum absolute atomic E-state index is 11.9. The second-order valence-corrected chi connectivity index (χ2v) is 6.57. The third-order valence-electron chi connectivity index (χ3n) is 3.80. The molecule has 1 aromatic rings. The Labute approximate surface area is 144 Å². The molecular weight excluding hydrogens is 330 g/mol. The molecule has 0 spiro atoms. The number of carbonyl (C=O) groups is 3. The van der Waals surface area contributed by atoms with Crippen molar-refractivity contribution in [3.63, 3.8) is 0 Å². The minimum atomic E-state index is -0.852. The van der Waals surface area contributed by atoms with Crippen molar-refractivity contribution in [2.24, 2.45) is 0 Å². The largest absolute Gasteiger partial charge is 0.454 e. The highest BCUT2D eigenvalue weighted by molar-refractivity contribution is 7.12. The van der Waals surface area contributed by atoms with E-state index in [-0.39, 0.29) is 12.5 Å². The van der Waals surface area contributed by atoms with Crippen LogP contribution in [-0.4, -0.2) is 36.5 Å². The van der Waals surface area contributed by atoms with Gasteiger partial charge in [-0.3, -0.25) is 14.4 Å². The number of nitriles is 1. The van der Waals surface area contributed by atoms with Gasteiger partial charge < -0.3 is 15.4 Å². The van der Waals surface area contributed by atoms with Crippen LogP contribution in [-0.2, 0) is 14.3 Å². The van der Waals surface area contributed by atoms with Gasteiger partial charge in [-0.25, -0.2) is 0 Å². The number of amides is 2. The molecule has 24 heavy (non-hydrogen) atoms. The molecule has 0 unspecified atom stereocenters. The second kappa shape index (κ2) is 8.45. The molecule has 0 saturated heterocycles. The van der Waals surface area contributed by atoms with Crippen molar-refractivity contribution in [1.29, 1.82) is 5.26 Å². The van der Waals surface area contributed by atoms with Crippen molar-refractivity contribution >= 4 is 29.1 Å². The van der Waals surface area contributed by atoms with Crippen LogP contribution in [0, 0.1) is 11.3 Å². The van der Waals surface area contributed by atoms with Gasteiger partial charge in [-0.15, -0.1) is 11.3 Å². The predicted molar refractivity (Wildman–Crippen MR) is 87.2 cm³/mol. The van der Waals surface area contributed by atoms with E-state index in [1.165, 1.54) is 11.3 Å². The fraction of sp³-hybridized carbons (Fsp3) is 0.500. The molecule has 1 saturated carbocycles. The van der Waals surface area contributed by atoms with Crippen molar-refractivity contribution in [2.75, 3.05) is 13.2 Å². The number of thiophene rings is 1. The quantitative estimate of drug-likeness (QED) is 0.754. The highest BCUT2D eigenvalue weighted by atomic mass is 32.1.